The average Bonchev–Trinajstić information content (AvgIpc) is 3.29. The van der Waals surface area contributed by atoms with E-state index < -0.39 is 24.5 Å². The Kier molecular flexibility index (Phi) is 9.81. The summed E-state index contributed by atoms with van der Waals surface area (Å²) < 4.78 is 57.7. The van der Waals surface area contributed by atoms with Crippen LogP contribution in [0.5, 0.6) is 11.8 Å². The van der Waals surface area contributed by atoms with E-state index in [0.717, 1.165) is 6.07 Å². The number of carboxylic acids is 1. The highest BCUT2D eigenvalue weighted by Gasteiger charge is 2.29. The molecule has 11 nitrogen and oxygen atoms in total. The zero-order valence-corrected chi connectivity index (χ0v) is 24.6. The molecular formula is C29H30ClF3N6O5. The summed E-state index contributed by atoms with van der Waals surface area (Å²) in [6.07, 6.45) is 3.18. The van der Waals surface area contributed by atoms with Crippen LogP contribution in [-0.2, 0) is 24.4 Å². The number of nitrogens with zero attached hydrogens (tertiary/aromatic N) is 6. The normalized spacial score (nSPS) is 18.1. The number of hydrogen-bond donors (Lipinski definition) is 1. The zero-order chi connectivity index (χ0) is 31.4. The van der Waals surface area contributed by atoms with Gasteiger partial charge in [0.05, 0.1) is 40.8 Å². The molecule has 1 aliphatic rings. The minimum Gasteiger partial charge on any atom is -0.478 e. The summed E-state index contributed by atoms with van der Waals surface area (Å²) in [5.74, 6) is -0.730. The molecule has 15 heteroatoms. The molecule has 4 heterocycles. The number of aromatic nitrogens is 5. The summed E-state index contributed by atoms with van der Waals surface area (Å²) in [5, 5.41) is 9.63. The van der Waals surface area contributed by atoms with E-state index in [1.807, 2.05) is 0 Å². The predicted molar refractivity (Wildman–Crippen MR) is 152 cm³/mol. The molecule has 0 unspecified atom stereocenters. The first-order chi connectivity index (χ1) is 21.0. The minimum atomic E-state index is -2.93. The van der Waals surface area contributed by atoms with E-state index >= 15 is 0 Å². The Morgan fingerprint density at radius 2 is 2.02 bits per heavy atom. The van der Waals surface area contributed by atoms with Crippen molar-refractivity contribution in [2.45, 2.75) is 71.2 Å². The molecule has 0 aliphatic carbocycles. The van der Waals surface area contributed by atoms with Crippen molar-refractivity contribution in [2.24, 2.45) is 0 Å². The number of ether oxygens (including phenoxy) is 3. The third kappa shape index (κ3) is 7.73. The summed E-state index contributed by atoms with van der Waals surface area (Å²) in [6, 6.07) is 7.38. The number of alkyl halides is 2. The highest BCUT2D eigenvalue weighted by Crippen LogP contribution is 2.26. The molecule has 3 aromatic heterocycles. The number of piperidine rings is 1. The Hall–Kier alpha value is -4.01. The molecule has 0 saturated carbocycles. The molecule has 0 spiro atoms. The number of halogens is 4. The van der Waals surface area contributed by atoms with Gasteiger partial charge in [-0.1, -0.05) is 11.6 Å². The van der Waals surface area contributed by atoms with E-state index in [2.05, 4.69) is 31.5 Å². The van der Waals surface area contributed by atoms with E-state index in [1.165, 1.54) is 31.5 Å². The first-order valence-corrected chi connectivity index (χ1v) is 14.3. The van der Waals surface area contributed by atoms with E-state index in [0.29, 0.717) is 54.5 Å². The van der Waals surface area contributed by atoms with Crippen LogP contribution in [0.2, 0.25) is 5.02 Å². The van der Waals surface area contributed by atoms with Crippen LogP contribution in [-0.4, -0.2) is 71.9 Å². The average molecular weight is 635 g/mol. The summed E-state index contributed by atoms with van der Waals surface area (Å²) in [4.78, 5) is 30.8. The van der Waals surface area contributed by atoms with Gasteiger partial charge in [0.25, 0.3) is 5.88 Å². The van der Waals surface area contributed by atoms with Gasteiger partial charge in [0, 0.05) is 31.0 Å². The van der Waals surface area contributed by atoms with Crippen molar-refractivity contribution in [2.75, 3.05) is 6.54 Å². The highest BCUT2D eigenvalue weighted by molar-refractivity contribution is 6.30. The fourth-order valence-electron chi connectivity index (χ4n) is 5.13. The van der Waals surface area contributed by atoms with Crippen molar-refractivity contribution in [3.05, 3.63) is 70.8 Å². The van der Waals surface area contributed by atoms with E-state index in [4.69, 9.17) is 26.1 Å². The smallest absolute Gasteiger partial charge is 0.345 e. The van der Waals surface area contributed by atoms with Gasteiger partial charge in [-0.25, -0.2) is 24.1 Å². The van der Waals surface area contributed by atoms with Gasteiger partial charge in [0.1, 0.15) is 18.5 Å². The lowest BCUT2D eigenvalue weighted by atomic mass is 10.0. The highest BCUT2D eigenvalue weighted by atomic mass is 35.5. The zero-order valence-electron chi connectivity index (χ0n) is 23.9. The van der Waals surface area contributed by atoms with Gasteiger partial charge in [0.15, 0.2) is 11.6 Å². The van der Waals surface area contributed by atoms with Crippen molar-refractivity contribution < 1.29 is 37.3 Å². The molecule has 1 aliphatic heterocycles. The summed E-state index contributed by atoms with van der Waals surface area (Å²) in [6.45, 7) is 1.68. The van der Waals surface area contributed by atoms with Crippen LogP contribution in [0.1, 0.15) is 48.7 Å². The fourth-order valence-corrected chi connectivity index (χ4v) is 5.28. The quantitative estimate of drug-likeness (QED) is 0.218. The van der Waals surface area contributed by atoms with Crippen molar-refractivity contribution >= 4 is 28.6 Å². The van der Waals surface area contributed by atoms with Gasteiger partial charge in [-0.2, -0.15) is 13.8 Å². The van der Waals surface area contributed by atoms with Crippen LogP contribution in [0.15, 0.2) is 42.7 Å². The monoisotopic (exact) mass is 634 g/mol. The number of fused-ring (bicyclic) bond motifs is 1. The standard InChI is InChI=1S/C29H30ClF3N6O5/c1-16-9-20(44-26-5-7-34-24(37-26)15-42-27-21(31)11-19(30)12-35-27)6-8-38(16)14-25-36-22-4-3-18(28(40)41)10-23(22)39(25)13-17(2)43-29(32)33/h3-5,7,10-12,16-17,20,29H,6,8-9,13-15H2,1-2H3,(H,40,41)/t16-,17+,20-/m0/s1. The summed E-state index contributed by atoms with van der Waals surface area (Å²) in [5.41, 5.74) is 1.18. The molecule has 44 heavy (non-hydrogen) atoms. The molecule has 1 fully saturated rings. The lowest BCUT2D eigenvalue weighted by molar-refractivity contribution is -0.160. The van der Waals surface area contributed by atoms with Gasteiger partial charge in [-0.3, -0.25) is 4.90 Å². The Morgan fingerprint density at radius 3 is 2.75 bits per heavy atom. The van der Waals surface area contributed by atoms with Gasteiger partial charge in [-0.15, -0.1) is 0 Å². The second-order valence-corrected chi connectivity index (χ2v) is 10.9. The Morgan fingerprint density at radius 1 is 1.20 bits per heavy atom. The maximum Gasteiger partial charge on any atom is 0.345 e. The van der Waals surface area contributed by atoms with Gasteiger partial charge < -0.3 is 23.9 Å². The Bertz CT molecular complexity index is 1630. The van der Waals surface area contributed by atoms with Crippen molar-refractivity contribution in [3.8, 4) is 11.8 Å². The van der Waals surface area contributed by atoms with E-state index in [1.54, 1.807) is 16.7 Å². The Balaban J connectivity index is 1.23. The molecule has 3 atom stereocenters. The number of hydrogen-bond acceptors (Lipinski definition) is 9. The maximum absolute atomic E-state index is 14.0. The molecule has 234 valence electrons. The van der Waals surface area contributed by atoms with Gasteiger partial charge in [-0.05, 0) is 51.0 Å². The number of rotatable bonds is 12. The third-order valence-electron chi connectivity index (χ3n) is 7.24. The molecule has 1 saturated heterocycles. The number of pyridine rings is 1. The summed E-state index contributed by atoms with van der Waals surface area (Å²) in [7, 11) is 0. The molecule has 0 amide bonds. The van der Waals surface area contributed by atoms with Gasteiger partial charge >= 0.3 is 12.6 Å². The molecule has 0 bridgehead atoms. The molecule has 1 aromatic carbocycles. The molecule has 1 N–H and O–H groups in total. The van der Waals surface area contributed by atoms with Crippen molar-refractivity contribution in [1.29, 1.82) is 0 Å². The van der Waals surface area contributed by atoms with Crippen LogP contribution in [0.25, 0.3) is 11.0 Å². The lowest BCUT2D eigenvalue weighted by Crippen LogP contribution is -2.44. The fraction of sp³-hybridized carbons (Fsp3) is 0.414. The molecule has 0 radical (unpaired) electrons. The Labute approximate surface area is 255 Å². The number of carbonyl (C=O) groups is 1. The van der Waals surface area contributed by atoms with Crippen LogP contribution >= 0.6 is 11.6 Å². The molecule has 5 rings (SSSR count). The lowest BCUT2D eigenvalue weighted by Gasteiger charge is -2.37. The van der Waals surface area contributed by atoms with Crippen LogP contribution in [0.3, 0.4) is 0 Å². The second kappa shape index (κ2) is 13.7. The first kappa shape index (κ1) is 31.4. The maximum atomic E-state index is 14.0. The number of carboxylic acid groups (broad SMARTS) is 1. The predicted octanol–water partition coefficient (Wildman–Crippen LogP) is 5.35. The largest absolute Gasteiger partial charge is 0.478 e. The third-order valence-corrected chi connectivity index (χ3v) is 7.45. The topological polar surface area (TPSA) is 125 Å². The van der Waals surface area contributed by atoms with Crippen molar-refractivity contribution in [1.82, 2.24) is 29.4 Å². The van der Waals surface area contributed by atoms with Crippen molar-refractivity contribution in [3.63, 3.8) is 0 Å². The SMILES string of the molecule is C[C@H](Cn1c(CN2CC[C@H](Oc3ccnc(COc4ncc(Cl)cc4F)n3)C[C@@H]2C)nc2ccc(C(=O)O)cc21)OC(F)F. The number of imidazole rings is 1. The van der Waals surface area contributed by atoms with Crippen LogP contribution < -0.4 is 9.47 Å². The second-order valence-electron chi connectivity index (χ2n) is 10.5. The minimum absolute atomic E-state index is 0.0647. The molecule has 4 aromatic rings. The number of benzene rings is 1. The van der Waals surface area contributed by atoms with Crippen LogP contribution in [0.4, 0.5) is 13.2 Å². The van der Waals surface area contributed by atoms with Crippen LogP contribution in [0, 0.1) is 5.82 Å². The number of likely N-dealkylation sites (tertiary alicyclic amines) is 1. The van der Waals surface area contributed by atoms with Gasteiger partial charge in [0.2, 0.25) is 5.88 Å². The summed E-state index contributed by atoms with van der Waals surface area (Å²) >= 11 is 5.73. The molecular weight excluding hydrogens is 605 g/mol. The number of aromatic carboxylic acids is 1. The van der Waals surface area contributed by atoms with E-state index in [-0.39, 0.29) is 41.8 Å². The van der Waals surface area contributed by atoms with E-state index in [9.17, 15) is 23.1 Å². The first-order valence-electron chi connectivity index (χ1n) is 13.9.